The Kier molecular flexibility index (Phi) is 7.85. The number of carbonyl (C=O) groups excluding carboxylic acids is 1. The molecule has 2 aromatic carbocycles. The Hall–Kier alpha value is -2.60. The minimum atomic E-state index is -4.25. The summed E-state index contributed by atoms with van der Waals surface area (Å²) in [7, 11) is -5.92. The van der Waals surface area contributed by atoms with Gasteiger partial charge in [0.2, 0.25) is 10.0 Å². The number of amides is 1. The van der Waals surface area contributed by atoms with Crippen LogP contribution in [0.25, 0.3) is 0 Å². The van der Waals surface area contributed by atoms with Crippen LogP contribution >= 0.6 is 0 Å². The summed E-state index contributed by atoms with van der Waals surface area (Å²) in [4.78, 5) is 14.9. The van der Waals surface area contributed by atoms with Gasteiger partial charge in [-0.2, -0.15) is 13.2 Å². The van der Waals surface area contributed by atoms with E-state index in [2.05, 4.69) is 0 Å². The largest absolute Gasteiger partial charge is 0.389 e. The van der Waals surface area contributed by atoms with E-state index in [-0.39, 0.29) is 41.2 Å². The first-order chi connectivity index (χ1) is 16.2. The number of anilines is 2. The van der Waals surface area contributed by atoms with Crippen LogP contribution < -0.4 is 9.21 Å². The first-order valence-electron chi connectivity index (χ1n) is 11.0. The first-order valence-corrected chi connectivity index (χ1v) is 14.5. The van der Waals surface area contributed by atoms with Crippen LogP contribution in [0.3, 0.4) is 0 Å². The summed E-state index contributed by atoms with van der Waals surface area (Å²) in [5.74, 6) is -0.660. The number of fused-ring (bicyclic) bond motifs is 1. The minimum absolute atomic E-state index is 0.0681. The molecule has 0 bridgehead atoms. The maximum Gasteiger partial charge on any atom is 0.389 e. The lowest BCUT2D eigenvalue weighted by Gasteiger charge is -2.23. The molecule has 1 heterocycles. The normalized spacial score (nSPS) is 14.1. The number of benzene rings is 2. The van der Waals surface area contributed by atoms with Crippen molar-refractivity contribution in [1.29, 1.82) is 0 Å². The van der Waals surface area contributed by atoms with Crippen molar-refractivity contribution in [2.24, 2.45) is 0 Å². The van der Waals surface area contributed by atoms with Gasteiger partial charge >= 0.3 is 6.18 Å². The third-order valence-electron chi connectivity index (χ3n) is 5.90. The van der Waals surface area contributed by atoms with Crippen LogP contribution in [0.2, 0.25) is 0 Å². The quantitative estimate of drug-likeness (QED) is 0.452. The van der Waals surface area contributed by atoms with Crippen molar-refractivity contribution in [3.05, 3.63) is 53.6 Å². The van der Waals surface area contributed by atoms with E-state index in [1.165, 1.54) is 36.2 Å². The lowest BCUT2D eigenvalue weighted by atomic mass is 10.1. The molecule has 0 atom stereocenters. The van der Waals surface area contributed by atoms with Crippen LogP contribution in [0.15, 0.2) is 47.4 Å². The summed E-state index contributed by atoms with van der Waals surface area (Å²) in [6.07, 6.45) is -3.55. The van der Waals surface area contributed by atoms with Crippen LogP contribution in [0.1, 0.15) is 41.6 Å². The molecule has 0 aromatic heterocycles. The van der Waals surface area contributed by atoms with Gasteiger partial charge in [0.05, 0.1) is 28.2 Å². The van der Waals surface area contributed by atoms with Gasteiger partial charge in [-0.05, 0) is 55.2 Å². The highest BCUT2D eigenvalue weighted by atomic mass is 32.2. The van der Waals surface area contributed by atoms with Crippen LogP contribution in [-0.2, 0) is 26.3 Å². The molecule has 1 aliphatic rings. The van der Waals surface area contributed by atoms with Gasteiger partial charge in [-0.25, -0.2) is 16.8 Å². The van der Waals surface area contributed by atoms with E-state index in [0.717, 1.165) is 10.6 Å². The third-order valence-corrected chi connectivity index (χ3v) is 8.89. The van der Waals surface area contributed by atoms with E-state index in [1.54, 1.807) is 18.2 Å². The highest BCUT2D eigenvalue weighted by molar-refractivity contribution is 7.92. The molecule has 0 radical (unpaired) electrons. The number of unbranched alkanes of at least 4 members (excludes halogenated alkanes) is 2. The van der Waals surface area contributed by atoms with E-state index in [0.29, 0.717) is 24.2 Å². The van der Waals surface area contributed by atoms with Crippen LogP contribution in [0.4, 0.5) is 24.5 Å². The second-order valence-electron chi connectivity index (χ2n) is 8.49. The van der Waals surface area contributed by atoms with Crippen molar-refractivity contribution in [2.45, 2.75) is 43.2 Å². The van der Waals surface area contributed by atoms with Crippen molar-refractivity contribution in [1.82, 2.24) is 0 Å². The minimum Gasteiger partial charge on any atom is -0.308 e. The van der Waals surface area contributed by atoms with Gasteiger partial charge in [0.25, 0.3) is 5.91 Å². The summed E-state index contributed by atoms with van der Waals surface area (Å²) in [6.45, 7) is 0.298. The molecule has 35 heavy (non-hydrogen) atoms. The Morgan fingerprint density at radius 2 is 1.71 bits per heavy atom. The van der Waals surface area contributed by atoms with E-state index in [9.17, 15) is 34.8 Å². The Bertz CT molecular complexity index is 1310. The second-order valence-corrected chi connectivity index (χ2v) is 12.6. The van der Waals surface area contributed by atoms with Gasteiger partial charge < -0.3 is 4.90 Å². The summed E-state index contributed by atoms with van der Waals surface area (Å²) in [5.41, 5.74) is 1.63. The third kappa shape index (κ3) is 6.54. The number of carbonyl (C=O) groups is 1. The van der Waals surface area contributed by atoms with Crippen molar-refractivity contribution < 1.29 is 34.8 Å². The Balaban J connectivity index is 1.76. The topological polar surface area (TPSA) is 91.8 Å². The Labute approximate surface area is 203 Å². The maximum atomic E-state index is 13.3. The second kappa shape index (κ2) is 10.2. The number of rotatable bonds is 9. The average molecular weight is 533 g/mol. The molecule has 3 rings (SSSR count). The molecule has 1 amide bonds. The van der Waals surface area contributed by atoms with Gasteiger partial charge in [-0.1, -0.05) is 18.6 Å². The van der Waals surface area contributed by atoms with Crippen LogP contribution in [0, 0.1) is 0 Å². The summed E-state index contributed by atoms with van der Waals surface area (Å²) in [6, 6.07) is 10.8. The maximum absolute atomic E-state index is 13.3. The van der Waals surface area contributed by atoms with Crippen molar-refractivity contribution in [2.75, 3.05) is 34.8 Å². The van der Waals surface area contributed by atoms with Gasteiger partial charge in [-0.3, -0.25) is 9.10 Å². The smallest absolute Gasteiger partial charge is 0.308 e. The van der Waals surface area contributed by atoms with Crippen molar-refractivity contribution in [3.8, 4) is 0 Å². The molecule has 0 fully saturated rings. The number of sulfone groups is 1. The number of hydrogen-bond donors (Lipinski definition) is 0. The fraction of sp³-hybridized carbons (Fsp3) is 0.435. The van der Waals surface area contributed by atoms with E-state index in [1.807, 2.05) is 0 Å². The van der Waals surface area contributed by atoms with E-state index >= 15 is 0 Å². The molecule has 12 heteroatoms. The lowest BCUT2D eigenvalue weighted by Crippen LogP contribution is -2.32. The standard InChI is InChI=1S/C23H27F3N2O5S2/c1-27(34(2,30)31)21-9-5-4-8-19(21)22(29)28-14-12-17-16-18(10-11-20(17)28)35(32,33)15-7-3-6-13-23(24,25)26/h4-5,8-11,16H,3,6-7,12-15H2,1-2H3. The fourth-order valence-electron chi connectivity index (χ4n) is 3.95. The molecule has 2 aromatic rings. The number of halogens is 3. The SMILES string of the molecule is CN(c1ccccc1C(=O)N1CCc2cc(S(=O)(=O)CCCCCC(F)(F)F)ccc21)S(C)(=O)=O. The molecule has 0 saturated carbocycles. The zero-order chi connectivity index (χ0) is 26.0. The van der Waals surface area contributed by atoms with E-state index < -0.39 is 38.4 Å². The highest BCUT2D eigenvalue weighted by Crippen LogP contribution is 2.34. The first kappa shape index (κ1) is 27.0. The number of hydrogen-bond acceptors (Lipinski definition) is 5. The summed E-state index contributed by atoms with van der Waals surface area (Å²) >= 11 is 0. The molecule has 0 N–H and O–H groups in total. The monoisotopic (exact) mass is 532 g/mol. The molecule has 0 saturated heterocycles. The van der Waals surface area contributed by atoms with Crippen molar-refractivity contribution >= 4 is 37.1 Å². The molecule has 0 aliphatic carbocycles. The molecule has 1 aliphatic heterocycles. The van der Waals surface area contributed by atoms with Gasteiger partial charge in [-0.15, -0.1) is 0 Å². The molecule has 192 valence electrons. The Morgan fingerprint density at radius 3 is 2.37 bits per heavy atom. The number of para-hydroxylation sites is 1. The summed E-state index contributed by atoms with van der Waals surface area (Å²) in [5, 5.41) is 0. The van der Waals surface area contributed by atoms with Gasteiger partial charge in [0, 0.05) is 25.7 Å². The number of nitrogens with zero attached hydrogens (tertiary/aromatic N) is 2. The molecular weight excluding hydrogens is 505 g/mol. The Morgan fingerprint density at radius 1 is 1.03 bits per heavy atom. The molecule has 7 nitrogen and oxygen atoms in total. The molecule has 0 unspecified atom stereocenters. The predicted molar refractivity (Wildman–Crippen MR) is 128 cm³/mol. The highest BCUT2D eigenvalue weighted by Gasteiger charge is 2.30. The van der Waals surface area contributed by atoms with Crippen LogP contribution in [-0.4, -0.2) is 54.5 Å². The van der Waals surface area contributed by atoms with Crippen molar-refractivity contribution in [3.63, 3.8) is 0 Å². The average Bonchev–Trinajstić information content (AvgIpc) is 3.19. The zero-order valence-corrected chi connectivity index (χ0v) is 21.0. The van der Waals surface area contributed by atoms with E-state index in [4.69, 9.17) is 0 Å². The predicted octanol–water partition coefficient (Wildman–Crippen LogP) is 4.18. The molecular formula is C23H27F3N2O5S2. The van der Waals surface area contributed by atoms with Gasteiger partial charge in [0.1, 0.15) is 0 Å². The van der Waals surface area contributed by atoms with Gasteiger partial charge in [0.15, 0.2) is 9.84 Å². The number of alkyl halides is 3. The number of sulfonamides is 1. The lowest BCUT2D eigenvalue weighted by molar-refractivity contribution is -0.135. The molecule has 0 spiro atoms. The zero-order valence-electron chi connectivity index (χ0n) is 19.4. The fourth-order valence-corrected chi connectivity index (χ4v) is 5.88. The van der Waals surface area contributed by atoms with Crippen LogP contribution in [0.5, 0.6) is 0 Å². The summed E-state index contributed by atoms with van der Waals surface area (Å²) < 4.78 is 87.1.